The van der Waals surface area contributed by atoms with Gasteiger partial charge in [-0.15, -0.1) is 0 Å². The molecule has 0 amide bonds. The summed E-state index contributed by atoms with van der Waals surface area (Å²) in [5.74, 6) is -1.23. The SMILES string of the molecule is COC(=O)COc1ccc(C=CC(=O)O)cc1Cl. The molecule has 0 aliphatic heterocycles. The maximum absolute atomic E-state index is 10.9. The Hall–Kier alpha value is -2.01. The number of benzene rings is 1. The van der Waals surface area contributed by atoms with Gasteiger partial charge in [0.1, 0.15) is 5.75 Å². The predicted molar refractivity (Wildman–Crippen MR) is 65.6 cm³/mol. The number of carboxylic acids is 1. The molecule has 0 spiro atoms. The van der Waals surface area contributed by atoms with Gasteiger partial charge in [0.2, 0.25) is 0 Å². The van der Waals surface area contributed by atoms with Gasteiger partial charge in [0.05, 0.1) is 12.1 Å². The minimum absolute atomic E-state index is 0.236. The van der Waals surface area contributed by atoms with Crippen molar-refractivity contribution < 1.29 is 24.2 Å². The zero-order chi connectivity index (χ0) is 13.5. The third kappa shape index (κ3) is 4.47. The van der Waals surface area contributed by atoms with Gasteiger partial charge in [-0.05, 0) is 23.8 Å². The van der Waals surface area contributed by atoms with Crippen LogP contribution in [0.25, 0.3) is 6.08 Å². The molecule has 1 rings (SSSR count). The fourth-order valence-electron chi connectivity index (χ4n) is 1.10. The predicted octanol–water partition coefficient (Wildman–Crippen LogP) is 1.99. The van der Waals surface area contributed by atoms with Crippen LogP contribution in [0, 0.1) is 0 Å². The van der Waals surface area contributed by atoms with E-state index in [-0.39, 0.29) is 11.6 Å². The number of esters is 1. The molecule has 5 nitrogen and oxygen atoms in total. The zero-order valence-electron chi connectivity index (χ0n) is 9.55. The van der Waals surface area contributed by atoms with Crippen LogP contribution in [-0.2, 0) is 14.3 Å². The molecule has 18 heavy (non-hydrogen) atoms. The van der Waals surface area contributed by atoms with Gasteiger partial charge in [0.15, 0.2) is 6.61 Å². The molecule has 0 saturated carbocycles. The number of rotatable bonds is 5. The van der Waals surface area contributed by atoms with E-state index in [1.54, 1.807) is 12.1 Å². The number of carboxylic acid groups (broad SMARTS) is 1. The van der Waals surface area contributed by atoms with Crippen LogP contribution < -0.4 is 4.74 Å². The second kappa shape index (κ2) is 6.66. The highest BCUT2D eigenvalue weighted by molar-refractivity contribution is 6.32. The van der Waals surface area contributed by atoms with Gasteiger partial charge in [-0.1, -0.05) is 17.7 Å². The van der Waals surface area contributed by atoms with Gasteiger partial charge in [-0.2, -0.15) is 0 Å². The van der Waals surface area contributed by atoms with Crippen molar-refractivity contribution >= 4 is 29.6 Å². The third-order valence-electron chi connectivity index (χ3n) is 1.95. The normalized spacial score (nSPS) is 10.3. The minimum Gasteiger partial charge on any atom is -0.480 e. The van der Waals surface area contributed by atoms with E-state index in [4.69, 9.17) is 21.4 Å². The summed E-state index contributed by atoms with van der Waals surface area (Å²) in [6.45, 7) is -0.236. The fourth-order valence-corrected chi connectivity index (χ4v) is 1.34. The van der Waals surface area contributed by atoms with Crippen molar-refractivity contribution in [2.24, 2.45) is 0 Å². The lowest BCUT2D eigenvalue weighted by Crippen LogP contribution is -2.12. The number of carbonyl (C=O) groups is 2. The van der Waals surface area contributed by atoms with E-state index >= 15 is 0 Å². The highest BCUT2D eigenvalue weighted by atomic mass is 35.5. The van der Waals surface area contributed by atoms with Crippen LogP contribution in [0.4, 0.5) is 0 Å². The Morgan fingerprint density at radius 1 is 1.44 bits per heavy atom. The average molecular weight is 271 g/mol. The van der Waals surface area contributed by atoms with Gasteiger partial charge >= 0.3 is 11.9 Å². The number of hydrogen-bond donors (Lipinski definition) is 1. The summed E-state index contributed by atoms with van der Waals surface area (Å²) in [6.07, 6.45) is 2.40. The van der Waals surface area contributed by atoms with E-state index in [2.05, 4.69) is 4.74 Å². The second-order valence-electron chi connectivity index (χ2n) is 3.23. The number of ether oxygens (including phenoxy) is 2. The van der Waals surface area contributed by atoms with Crippen LogP contribution in [0.3, 0.4) is 0 Å². The average Bonchev–Trinajstić information content (AvgIpc) is 2.34. The molecule has 0 fully saturated rings. The Balaban J connectivity index is 2.73. The van der Waals surface area contributed by atoms with Gasteiger partial charge in [-0.25, -0.2) is 9.59 Å². The molecule has 1 aromatic rings. The van der Waals surface area contributed by atoms with Crippen LogP contribution in [0.5, 0.6) is 5.75 Å². The van der Waals surface area contributed by atoms with Gasteiger partial charge in [-0.3, -0.25) is 0 Å². The van der Waals surface area contributed by atoms with Crippen molar-refractivity contribution in [3.05, 3.63) is 34.9 Å². The number of halogens is 1. The lowest BCUT2D eigenvalue weighted by Gasteiger charge is -2.07. The van der Waals surface area contributed by atoms with E-state index in [1.807, 2.05) is 0 Å². The van der Waals surface area contributed by atoms with Gasteiger partial charge in [0, 0.05) is 6.08 Å². The van der Waals surface area contributed by atoms with Crippen LogP contribution >= 0.6 is 11.6 Å². The summed E-state index contributed by atoms with van der Waals surface area (Å²) in [7, 11) is 1.26. The highest BCUT2D eigenvalue weighted by Crippen LogP contribution is 2.25. The summed E-state index contributed by atoms with van der Waals surface area (Å²) in [5, 5.41) is 8.76. The lowest BCUT2D eigenvalue weighted by atomic mass is 10.2. The summed E-state index contributed by atoms with van der Waals surface area (Å²) in [5.41, 5.74) is 0.618. The molecule has 0 heterocycles. The Morgan fingerprint density at radius 2 is 2.17 bits per heavy atom. The van der Waals surface area contributed by atoms with E-state index in [0.717, 1.165) is 6.08 Å². The van der Waals surface area contributed by atoms with Crippen molar-refractivity contribution in [3.8, 4) is 5.75 Å². The van der Waals surface area contributed by atoms with Crippen LogP contribution in [0.2, 0.25) is 5.02 Å². The van der Waals surface area contributed by atoms with E-state index in [9.17, 15) is 9.59 Å². The standard InChI is InChI=1S/C12H11ClO5/c1-17-12(16)7-18-10-4-2-8(6-9(10)13)3-5-11(14)15/h2-6H,7H2,1H3,(H,14,15). The fraction of sp³-hybridized carbons (Fsp3) is 0.167. The Kier molecular flexibility index (Phi) is 5.20. The molecule has 0 bridgehead atoms. The third-order valence-corrected chi connectivity index (χ3v) is 2.24. The molecule has 1 aromatic carbocycles. The number of carbonyl (C=O) groups excluding carboxylic acids is 1. The van der Waals surface area contributed by atoms with Crippen molar-refractivity contribution in [2.45, 2.75) is 0 Å². The van der Waals surface area contributed by atoms with Gasteiger partial charge < -0.3 is 14.6 Å². The van der Waals surface area contributed by atoms with Crippen molar-refractivity contribution in [3.63, 3.8) is 0 Å². The van der Waals surface area contributed by atoms with Crippen LogP contribution in [0.15, 0.2) is 24.3 Å². The Labute approximate surface area is 109 Å². The Morgan fingerprint density at radius 3 is 2.72 bits per heavy atom. The Bertz CT molecular complexity index is 481. The molecule has 0 aliphatic carbocycles. The monoisotopic (exact) mass is 270 g/mol. The van der Waals surface area contributed by atoms with Crippen molar-refractivity contribution in [1.29, 1.82) is 0 Å². The number of methoxy groups -OCH3 is 1. The van der Waals surface area contributed by atoms with Crippen LogP contribution in [0.1, 0.15) is 5.56 Å². The first-order valence-corrected chi connectivity index (χ1v) is 5.31. The molecule has 0 atom stereocenters. The highest BCUT2D eigenvalue weighted by Gasteiger charge is 2.05. The molecule has 0 radical (unpaired) electrons. The smallest absolute Gasteiger partial charge is 0.343 e. The molecular formula is C12H11ClO5. The lowest BCUT2D eigenvalue weighted by molar-refractivity contribution is -0.143. The quantitative estimate of drug-likeness (QED) is 0.654. The number of hydrogen-bond acceptors (Lipinski definition) is 4. The molecule has 0 aromatic heterocycles. The molecule has 0 saturated heterocycles. The van der Waals surface area contributed by atoms with E-state index < -0.39 is 11.9 Å². The largest absolute Gasteiger partial charge is 0.480 e. The maximum Gasteiger partial charge on any atom is 0.343 e. The number of aliphatic carboxylic acids is 1. The van der Waals surface area contributed by atoms with E-state index in [0.29, 0.717) is 11.3 Å². The molecular weight excluding hydrogens is 260 g/mol. The van der Waals surface area contributed by atoms with E-state index in [1.165, 1.54) is 19.3 Å². The molecule has 6 heteroatoms. The summed E-state index contributed by atoms with van der Waals surface area (Å²) in [6, 6.07) is 4.71. The molecule has 96 valence electrons. The minimum atomic E-state index is -1.04. The zero-order valence-corrected chi connectivity index (χ0v) is 10.3. The van der Waals surface area contributed by atoms with Gasteiger partial charge in [0.25, 0.3) is 0 Å². The summed E-state index contributed by atoms with van der Waals surface area (Å²) >= 11 is 5.91. The first-order valence-electron chi connectivity index (χ1n) is 4.93. The molecule has 0 aliphatic rings. The van der Waals surface area contributed by atoms with Crippen molar-refractivity contribution in [1.82, 2.24) is 0 Å². The summed E-state index contributed by atoms with van der Waals surface area (Å²) in [4.78, 5) is 21.2. The first-order chi connectivity index (χ1) is 8.52. The van der Waals surface area contributed by atoms with Crippen LogP contribution in [-0.4, -0.2) is 30.8 Å². The maximum atomic E-state index is 10.9. The first kappa shape index (κ1) is 14.1. The second-order valence-corrected chi connectivity index (χ2v) is 3.63. The molecule has 0 unspecified atom stereocenters. The van der Waals surface area contributed by atoms with Crippen molar-refractivity contribution in [2.75, 3.05) is 13.7 Å². The topological polar surface area (TPSA) is 72.8 Å². The molecule has 1 N–H and O–H groups in total. The summed E-state index contributed by atoms with van der Waals surface area (Å²) < 4.78 is 9.54.